The predicted octanol–water partition coefficient (Wildman–Crippen LogP) is 10.4. The Morgan fingerprint density at radius 3 is 2.14 bits per heavy atom. The second-order valence-electron chi connectivity index (χ2n) is 16.5. The van der Waals surface area contributed by atoms with Gasteiger partial charge in [-0.25, -0.2) is 4.39 Å². The SMILES string of the molecule is CC(C)CCC[C@@H](C)[C@H]1CC[C@H]2[C@@H]3C[C@@H](F)[C@H]4C[C@@H](O[Si](C)(C)C(C)(C)C)CC[C@]4(C)[C@H]3CC[C@]12C. The van der Waals surface area contributed by atoms with Gasteiger partial charge in [-0.05, 0) is 122 Å². The molecular weight excluding hydrogens is 459 g/mol. The maximum atomic E-state index is 16.2. The third-order valence-electron chi connectivity index (χ3n) is 13.1. The summed E-state index contributed by atoms with van der Waals surface area (Å²) in [5.74, 6) is 4.81. The first-order valence-electron chi connectivity index (χ1n) is 15.9. The highest BCUT2D eigenvalue weighted by Gasteiger charge is 2.63. The van der Waals surface area contributed by atoms with E-state index in [1.807, 2.05) is 0 Å². The first-order chi connectivity index (χ1) is 16.6. The van der Waals surface area contributed by atoms with Crippen LogP contribution in [0.2, 0.25) is 18.1 Å². The van der Waals surface area contributed by atoms with Gasteiger partial charge < -0.3 is 4.43 Å². The summed E-state index contributed by atoms with van der Waals surface area (Å²) in [6, 6.07) is 0. The molecule has 0 aromatic carbocycles. The second kappa shape index (κ2) is 10.3. The molecule has 3 heteroatoms. The Hall–Kier alpha value is 0.107. The van der Waals surface area contributed by atoms with Gasteiger partial charge in [0.2, 0.25) is 0 Å². The third kappa shape index (κ3) is 5.16. The fraction of sp³-hybridized carbons (Fsp3) is 1.00. The van der Waals surface area contributed by atoms with Crippen LogP contribution in [0.3, 0.4) is 0 Å². The standard InChI is InChI=1S/C33H61FOSi/c1-22(2)12-11-13-23(3)26-14-15-27-25-21-30(34)29-20-24(35-36(9,10)31(4,5)6)16-18-33(29,8)28(25)17-19-32(26,27)7/h22-30H,11-21H2,1-10H3/t23-,24+,25+,26-,27+,28+,29-,30-,32-,33-/m1/s1. The molecule has 4 rings (SSSR count). The van der Waals surface area contributed by atoms with E-state index in [-0.39, 0.29) is 22.5 Å². The first kappa shape index (κ1) is 29.1. The zero-order chi connectivity index (χ0) is 26.7. The van der Waals surface area contributed by atoms with Crippen molar-refractivity contribution < 1.29 is 8.82 Å². The van der Waals surface area contributed by atoms with Gasteiger partial charge in [0, 0.05) is 6.10 Å². The summed E-state index contributed by atoms with van der Waals surface area (Å²) >= 11 is 0. The predicted molar refractivity (Wildman–Crippen MR) is 155 cm³/mol. The van der Waals surface area contributed by atoms with Gasteiger partial charge in [0.1, 0.15) is 6.17 Å². The van der Waals surface area contributed by atoms with E-state index in [0.717, 1.165) is 48.9 Å². The van der Waals surface area contributed by atoms with Crippen LogP contribution < -0.4 is 0 Å². The zero-order valence-electron chi connectivity index (χ0n) is 25.8. The molecule has 0 heterocycles. The Morgan fingerprint density at radius 1 is 0.861 bits per heavy atom. The van der Waals surface area contributed by atoms with Crippen molar-refractivity contribution in [2.24, 2.45) is 52.3 Å². The van der Waals surface area contributed by atoms with Gasteiger partial charge in [0.25, 0.3) is 0 Å². The molecule has 0 N–H and O–H groups in total. The molecule has 210 valence electrons. The molecule has 0 spiro atoms. The highest BCUT2D eigenvalue weighted by Crippen LogP contribution is 2.69. The van der Waals surface area contributed by atoms with E-state index >= 15 is 4.39 Å². The van der Waals surface area contributed by atoms with Gasteiger partial charge in [-0.2, -0.15) is 0 Å². The number of fused-ring (bicyclic) bond motifs is 5. The summed E-state index contributed by atoms with van der Waals surface area (Å²) < 4.78 is 23.1. The summed E-state index contributed by atoms with van der Waals surface area (Å²) in [6.45, 7) is 24.1. The van der Waals surface area contributed by atoms with Crippen LogP contribution in [0.1, 0.15) is 126 Å². The molecule has 0 amide bonds. The average molecular weight is 521 g/mol. The minimum Gasteiger partial charge on any atom is -0.414 e. The van der Waals surface area contributed by atoms with E-state index in [1.54, 1.807) is 0 Å². The van der Waals surface area contributed by atoms with Crippen molar-refractivity contribution in [2.75, 3.05) is 0 Å². The highest BCUT2D eigenvalue weighted by atomic mass is 28.4. The van der Waals surface area contributed by atoms with Crippen molar-refractivity contribution in [3.05, 3.63) is 0 Å². The Labute approximate surface area is 225 Å². The normalized spacial score (nSPS) is 44.2. The first-order valence-corrected chi connectivity index (χ1v) is 18.8. The molecule has 4 aliphatic carbocycles. The molecule has 0 bridgehead atoms. The number of rotatable bonds is 7. The molecule has 0 aromatic rings. The van der Waals surface area contributed by atoms with Crippen LogP contribution in [0.15, 0.2) is 0 Å². The number of halogens is 1. The monoisotopic (exact) mass is 520 g/mol. The molecule has 0 radical (unpaired) electrons. The molecule has 10 atom stereocenters. The van der Waals surface area contributed by atoms with Crippen molar-refractivity contribution >= 4 is 8.32 Å². The summed E-state index contributed by atoms with van der Waals surface area (Å²) in [5, 5.41) is 0.222. The average Bonchev–Trinajstić information content (AvgIpc) is 3.11. The number of alkyl halides is 1. The van der Waals surface area contributed by atoms with Crippen LogP contribution in [-0.2, 0) is 4.43 Å². The van der Waals surface area contributed by atoms with E-state index < -0.39 is 14.5 Å². The Balaban J connectivity index is 1.46. The molecule has 4 fully saturated rings. The molecule has 4 saturated carbocycles. The van der Waals surface area contributed by atoms with Crippen molar-refractivity contribution in [1.29, 1.82) is 0 Å². The molecule has 0 aromatic heterocycles. The lowest BCUT2D eigenvalue weighted by molar-refractivity contribution is -0.154. The number of hydrogen-bond donors (Lipinski definition) is 0. The van der Waals surface area contributed by atoms with Crippen LogP contribution in [0.5, 0.6) is 0 Å². The van der Waals surface area contributed by atoms with Gasteiger partial charge in [0.05, 0.1) is 0 Å². The van der Waals surface area contributed by atoms with E-state index in [2.05, 4.69) is 68.5 Å². The molecule has 4 aliphatic rings. The lowest BCUT2D eigenvalue weighted by atomic mass is 9.44. The zero-order valence-corrected chi connectivity index (χ0v) is 26.8. The molecular formula is C33H61FOSi. The topological polar surface area (TPSA) is 9.23 Å². The van der Waals surface area contributed by atoms with Gasteiger partial charge >= 0.3 is 0 Å². The van der Waals surface area contributed by atoms with Crippen molar-refractivity contribution in [3.63, 3.8) is 0 Å². The summed E-state index contributed by atoms with van der Waals surface area (Å²) in [7, 11) is -1.81. The Kier molecular flexibility index (Phi) is 8.29. The lowest BCUT2D eigenvalue weighted by Crippen LogP contribution is -2.58. The maximum Gasteiger partial charge on any atom is 0.192 e. The van der Waals surface area contributed by atoms with E-state index in [4.69, 9.17) is 4.43 Å². The van der Waals surface area contributed by atoms with Crippen molar-refractivity contribution in [1.82, 2.24) is 0 Å². The van der Waals surface area contributed by atoms with E-state index in [1.165, 1.54) is 51.4 Å². The largest absolute Gasteiger partial charge is 0.414 e. The van der Waals surface area contributed by atoms with Gasteiger partial charge in [-0.3, -0.25) is 0 Å². The Morgan fingerprint density at radius 2 is 1.50 bits per heavy atom. The minimum atomic E-state index is -1.81. The third-order valence-corrected chi connectivity index (χ3v) is 17.6. The number of hydrogen-bond acceptors (Lipinski definition) is 1. The van der Waals surface area contributed by atoms with Crippen LogP contribution in [0.25, 0.3) is 0 Å². The van der Waals surface area contributed by atoms with Crippen LogP contribution in [0.4, 0.5) is 4.39 Å². The van der Waals surface area contributed by atoms with Gasteiger partial charge in [0.15, 0.2) is 8.32 Å². The lowest BCUT2D eigenvalue weighted by Gasteiger charge is -2.62. The molecule has 0 unspecified atom stereocenters. The fourth-order valence-electron chi connectivity index (χ4n) is 9.93. The Bertz CT molecular complexity index is 757. The van der Waals surface area contributed by atoms with Gasteiger partial charge in [-0.15, -0.1) is 0 Å². The summed E-state index contributed by atoms with van der Waals surface area (Å²) in [5.41, 5.74) is 0.627. The second-order valence-corrected chi connectivity index (χ2v) is 21.3. The molecule has 36 heavy (non-hydrogen) atoms. The summed E-state index contributed by atoms with van der Waals surface area (Å²) in [6.07, 6.45) is 13.4. The molecule has 0 aliphatic heterocycles. The smallest absolute Gasteiger partial charge is 0.192 e. The van der Waals surface area contributed by atoms with Crippen LogP contribution >= 0.6 is 0 Å². The van der Waals surface area contributed by atoms with Crippen molar-refractivity contribution in [2.45, 2.75) is 156 Å². The molecule has 0 saturated heterocycles. The minimum absolute atomic E-state index is 0.178. The quantitative estimate of drug-likeness (QED) is 0.303. The van der Waals surface area contributed by atoms with E-state index in [9.17, 15) is 0 Å². The van der Waals surface area contributed by atoms with Gasteiger partial charge in [-0.1, -0.05) is 74.7 Å². The maximum absolute atomic E-state index is 16.2. The van der Waals surface area contributed by atoms with Crippen molar-refractivity contribution in [3.8, 4) is 0 Å². The van der Waals surface area contributed by atoms with Crippen LogP contribution in [-0.4, -0.2) is 20.6 Å². The summed E-state index contributed by atoms with van der Waals surface area (Å²) in [4.78, 5) is 0. The molecule has 1 nitrogen and oxygen atoms in total. The van der Waals surface area contributed by atoms with Crippen LogP contribution in [0, 0.1) is 52.3 Å². The van der Waals surface area contributed by atoms with E-state index in [0.29, 0.717) is 11.3 Å². The fourth-order valence-corrected chi connectivity index (χ4v) is 11.3. The highest BCUT2D eigenvalue weighted by molar-refractivity contribution is 6.74.